The molecule has 0 aromatic heterocycles. The normalized spacial score (nSPS) is 17.9. The molecule has 59 heavy (non-hydrogen) atoms. The highest BCUT2D eigenvalue weighted by Gasteiger charge is 2.39. The Hall–Kier alpha value is -4.26. The molecule has 0 bridgehead atoms. The van der Waals surface area contributed by atoms with E-state index in [4.69, 9.17) is 0 Å². The summed E-state index contributed by atoms with van der Waals surface area (Å²) in [5.74, 6) is 0. The first-order chi connectivity index (χ1) is 27.9. The van der Waals surface area contributed by atoms with E-state index < -0.39 is 46.1 Å². The van der Waals surface area contributed by atoms with Gasteiger partial charge >= 0.3 is 0 Å². The largest absolute Gasteiger partial charge is 0.243 e. The molecule has 1 saturated heterocycles. The number of benzene rings is 5. The Morgan fingerprint density at radius 1 is 0.390 bits per heavy atom. The Bertz CT molecular complexity index is 2660. The van der Waals surface area contributed by atoms with E-state index in [2.05, 4.69) is 0 Å². The molecule has 5 aromatic carbocycles. The zero-order chi connectivity index (χ0) is 42.6. The van der Waals surface area contributed by atoms with Crippen LogP contribution in [0, 0.1) is 27.7 Å². The highest BCUT2D eigenvalue weighted by molar-refractivity contribution is 7.90. The highest BCUT2D eigenvalue weighted by atomic mass is 32.2. The number of rotatable bonds is 10. The molecule has 0 saturated carbocycles. The van der Waals surface area contributed by atoms with Crippen LogP contribution < -0.4 is 0 Å². The Balaban J connectivity index is 1.54. The van der Waals surface area contributed by atoms with Crippen molar-refractivity contribution in [3.63, 3.8) is 0 Å². The lowest BCUT2D eigenvalue weighted by atomic mass is 10.1. The summed E-state index contributed by atoms with van der Waals surface area (Å²) in [6.45, 7) is 4.76. The fraction of sp³-hybridized carbons (Fsp3) is 0.302. The standard InChI is InChI=1S/C43H50N4O8S4/c1-34-10-18-40(19-11-34)56(48,49)44-26-27-45(57(50,51)41-20-12-35(2)13-21-41)30-31-47(59(54,55)43-24-16-37(4)17-25-43)39(32-38-8-6-5-7-9-38)33-46(29-28-44)58(52,53)42-22-14-36(3)15-23-42/h5-25,39H,26-33H2,1-4H3/t39-/m0/s1. The van der Waals surface area contributed by atoms with Gasteiger partial charge in [0.25, 0.3) is 0 Å². The molecular formula is C43H50N4O8S4. The van der Waals surface area contributed by atoms with Gasteiger partial charge in [0.1, 0.15) is 0 Å². The van der Waals surface area contributed by atoms with E-state index in [0.717, 1.165) is 35.2 Å². The molecule has 0 spiro atoms. The lowest BCUT2D eigenvalue weighted by molar-refractivity contribution is 0.225. The SMILES string of the molecule is Cc1ccc(S(=O)(=O)N2CCN(S(=O)(=O)c3ccc(C)cc3)CCN(S(=O)(=O)c3ccc(C)cc3)[C@@H](Cc3ccccc3)CN(S(=O)(=O)c3ccc(C)cc3)CC2)cc1. The van der Waals surface area contributed by atoms with Crippen molar-refractivity contribution in [1.82, 2.24) is 17.2 Å². The van der Waals surface area contributed by atoms with Gasteiger partial charge in [-0.2, -0.15) is 17.2 Å². The zero-order valence-electron chi connectivity index (χ0n) is 33.5. The maximum absolute atomic E-state index is 14.9. The van der Waals surface area contributed by atoms with Crippen LogP contribution in [0.15, 0.2) is 147 Å². The number of hydrogen-bond donors (Lipinski definition) is 0. The number of aryl methyl sites for hydroxylation is 4. The first kappa shape index (κ1) is 44.3. The van der Waals surface area contributed by atoms with Crippen LogP contribution >= 0.6 is 0 Å². The van der Waals surface area contributed by atoms with Gasteiger partial charge in [-0.15, -0.1) is 0 Å². The van der Waals surface area contributed by atoms with E-state index in [1.54, 1.807) is 60.7 Å². The lowest BCUT2D eigenvalue weighted by Crippen LogP contribution is -2.54. The predicted molar refractivity (Wildman–Crippen MR) is 229 cm³/mol. The minimum absolute atomic E-state index is 0.0339. The van der Waals surface area contributed by atoms with Crippen molar-refractivity contribution in [2.45, 2.75) is 59.7 Å². The summed E-state index contributed by atoms with van der Waals surface area (Å²) in [6, 6.07) is 33.0. The van der Waals surface area contributed by atoms with Gasteiger partial charge in [0.2, 0.25) is 40.1 Å². The van der Waals surface area contributed by atoms with E-state index in [1.165, 1.54) is 52.8 Å². The van der Waals surface area contributed by atoms with Crippen molar-refractivity contribution in [1.29, 1.82) is 0 Å². The topological polar surface area (TPSA) is 150 Å². The molecule has 16 heteroatoms. The van der Waals surface area contributed by atoms with Crippen LogP contribution in [0.3, 0.4) is 0 Å². The van der Waals surface area contributed by atoms with E-state index in [1.807, 2.05) is 45.9 Å². The van der Waals surface area contributed by atoms with Gasteiger partial charge in [0.15, 0.2) is 0 Å². The highest BCUT2D eigenvalue weighted by Crippen LogP contribution is 2.27. The summed E-state index contributed by atoms with van der Waals surface area (Å²) in [6.07, 6.45) is 0.0575. The Morgan fingerprint density at radius 2 is 0.695 bits per heavy atom. The molecule has 12 nitrogen and oxygen atoms in total. The third-order valence-electron chi connectivity index (χ3n) is 10.5. The number of sulfonamides is 4. The van der Waals surface area contributed by atoms with E-state index in [0.29, 0.717) is 5.56 Å². The smallest absolute Gasteiger partial charge is 0.207 e. The van der Waals surface area contributed by atoms with Gasteiger partial charge in [-0.25, -0.2) is 33.7 Å². The summed E-state index contributed by atoms with van der Waals surface area (Å²) in [5.41, 5.74) is 4.04. The maximum Gasteiger partial charge on any atom is 0.243 e. The molecule has 1 atom stereocenters. The fourth-order valence-corrected chi connectivity index (χ4v) is 12.9. The minimum Gasteiger partial charge on any atom is -0.207 e. The molecule has 6 rings (SSSR count). The zero-order valence-corrected chi connectivity index (χ0v) is 36.8. The van der Waals surface area contributed by atoms with E-state index in [-0.39, 0.29) is 71.8 Å². The van der Waals surface area contributed by atoms with Crippen LogP contribution in [-0.2, 0) is 46.5 Å². The molecule has 0 amide bonds. The van der Waals surface area contributed by atoms with Crippen LogP contribution in [0.1, 0.15) is 27.8 Å². The number of hydrogen-bond acceptors (Lipinski definition) is 8. The first-order valence-electron chi connectivity index (χ1n) is 19.2. The molecular weight excluding hydrogens is 829 g/mol. The van der Waals surface area contributed by atoms with E-state index >= 15 is 0 Å². The first-order valence-corrected chi connectivity index (χ1v) is 25.0. The van der Waals surface area contributed by atoms with Crippen LogP contribution in [0.5, 0.6) is 0 Å². The molecule has 1 aliphatic heterocycles. The molecule has 1 fully saturated rings. The van der Waals surface area contributed by atoms with Crippen molar-refractivity contribution in [3.05, 3.63) is 155 Å². The van der Waals surface area contributed by atoms with Gasteiger partial charge in [-0.3, -0.25) is 0 Å². The molecule has 0 unspecified atom stereocenters. The summed E-state index contributed by atoms with van der Waals surface area (Å²) >= 11 is 0. The Labute approximate surface area is 349 Å². The fourth-order valence-electron chi connectivity index (χ4n) is 6.97. The Kier molecular flexibility index (Phi) is 13.6. The van der Waals surface area contributed by atoms with Gasteiger partial charge < -0.3 is 0 Å². The summed E-state index contributed by atoms with van der Waals surface area (Å²) in [4.78, 5) is -0.143. The predicted octanol–water partition coefficient (Wildman–Crippen LogP) is 5.61. The second-order valence-corrected chi connectivity index (χ2v) is 22.6. The average molecular weight is 879 g/mol. The summed E-state index contributed by atoms with van der Waals surface area (Å²) in [5, 5.41) is 0. The molecule has 5 aromatic rings. The van der Waals surface area contributed by atoms with Crippen molar-refractivity contribution >= 4 is 40.1 Å². The van der Waals surface area contributed by atoms with Crippen LogP contribution in [-0.4, -0.2) is 103 Å². The molecule has 0 radical (unpaired) electrons. The van der Waals surface area contributed by atoms with Crippen molar-refractivity contribution in [2.75, 3.05) is 45.8 Å². The average Bonchev–Trinajstić information content (AvgIpc) is 3.19. The van der Waals surface area contributed by atoms with Crippen molar-refractivity contribution in [2.24, 2.45) is 0 Å². The van der Waals surface area contributed by atoms with Crippen molar-refractivity contribution < 1.29 is 33.7 Å². The quantitative estimate of drug-likeness (QED) is 0.176. The molecule has 1 heterocycles. The lowest BCUT2D eigenvalue weighted by Gasteiger charge is -2.37. The van der Waals surface area contributed by atoms with Gasteiger partial charge in [0.05, 0.1) is 19.6 Å². The van der Waals surface area contributed by atoms with Gasteiger partial charge in [-0.05, 0) is 88.2 Å². The van der Waals surface area contributed by atoms with Crippen molar-refractivity contribution in [3.8, 4) is 0 Å². The van der Waals surface area contributed by atoms with Gasteiger partial charge in [0, 0.05) is 51.9 Å². The minimum atomic E-state index is -4.40. The summed E-state index contributed by atoms with van der Waals surface area (Å²) < 4.78 is 122. The Morgan fingerprint density at radius 3 is 1.07 bits per heavy atom. The molecule has 314 valence electrons. The third-order valence-corrected chi connectivity index (χ3v) is 18.2. The second-order valence-electron chi connectivity index (χ2n) is 14.9. The second kappa shape index (κ2) is 18.2. The molecule has 0 aliphatic carbocycles. The van der Waals surface area contributed by atoms with E-state index in [9.17, 15) is 33.7 Å². The molecule has 1 aliphatic rings. The van der Waals surface area contributed by atoms with Gasteiger partial charge in [-0.1, -0.05) is 101 Å². The van der Waals surface area contributed by atoms with Crippen LogP contribution in [0.25, 0.3) is 0 Å². The molecule has 0 N–H and O–H groups in total. The number of nitrogens with zero attached hydrogens (tertiary/aromatic N) is 4. The van der Waals surface area contributed by atoms with Crippen LogP contribution in [0.4, 0.5) is 0 Å². The summed E-state index contributed by atoms with van der Waals surface area (Å²) in [7, 11) is -17.4. The third kappa shape index (κ3) is 10.2. The monoisotopic (exact) mass is 878 g/mol. The maximum atomic E-state index is 14.9. The van der Waals surface area contributed by atoms with Crippen LogP contribution in [0.2, 0.25) is 0 Å².